The average Bonchev–Trinajstić information content (AvgIpc) is 2.54. The normalized spacial score (nSPS) is 11.8. The summed E-state index contributed by atoms with van der Waals surface area (Å²) in [5.41, 5.74) is 1.95. The van der Waals surface area contributed by atoms with E-state index in [1.54, 1.807) is 25.1 Å². The van der Waals surface area contributed by atoms with Crippen molar-refractivity contribution in [2.45, 2.75) is 13.5 Å². The Labute approximate surface area is 145 Å². The smallest absolute Gasteiger partial charge is 0.309 e. The summed E-state index contributed by atoms with van der Waals surface area (Å²) >= 11 is 11.9. The molecule has 0 spiro atoms. The highest BCUT2D eigenvalue weighted by Gasteiger charge is 2.11. The molecule has 6 heteroatoms. The van der Waals surface area contributed by atoms with Gasteiger partial charge in [-0.15, -0.1) is 0 Å². The summed E-state index contributed by atoms with van der Waals surface area (Å²) in [5.74, 6) is -0.773. The lowest BCUT2D eigenvalue weighted by molar-refractivity contribution is -0.142. The number of ether oxygens (including phenoxy) is 1. The van der Waals surface area contributed by atoms with Crippen LogP contribution in [0.1, 0.15) is 12.5 Å². The predicted molar refractivity (Wildman–Crippen MR) is 92.5 cm³/mol. The number of anilines is 1. The van der Waals surface area contributed by atoms with E-state index in [-0.39, 0.29) is 6.61 Å². The van der Waals surface area contributed by atoms with Gasteiger partial charge in [0.2, 0.25) is 0 Å². The topological polar surface area (TPSA) is 58.6 Å². The number of hydrogen-bond acceptors (Lipinski definition) is 3. The van der Waals surface area contributed by atoms with Gasteiger partial charge in [-0.3, -0.25) is 4.79 Å². The predicted octanol–water partition coefficient (Wildman–Crippen LogP) is 4.71. The number of aliphatic carboxylic acids is 1. The Morgan fingerprint density at radius 3 is 2.48 bits per heavy atom. The fourth-order valence-corrected chi connectivity index (χ4v) is 2.14. The molecule has 1 atom stereocenters. The van der Waals surface area contributed by atoms with Crippen LogP contribution in [0.4, 0.5) is 5.69 Å². The van der Waals surface area contributed by atoms with Gasteiger partial charge in [0.1, 0.15) is 12.4 Å². The zero-order valence-electron chi connectivity index (χ0n) is 12.6. The van der Waals surface area contributed by atoms with Crippen LogP contribution in [0.3, 0.4) is 0 Å². The van der Waals surface area contributed by atoms with Crippen molar-refractivity contribution in [2.24, 2.45) is 5.92 Å². The lowest BCUT2D eigenvalue weighted by Gasteiger charge is -2.11. The minimum absolute atomic E-state index is 0.144. The third-order valence-corrected chi connectivity index (χ3v) is 4.00. The van der Waals surface area contributed by atoms with Gasteiger partial charge in [-0.2, -0.15) is 0 Å². The van der Waals surface area contributed by atoms with Crippen molar-refractivity contribution < 1.29 is 14.6 Å². The molecule has 2 aromatic rings. The molecule has 122 valence electrons. The summed E-state index contributed by atoms with van der Waals surface area (Å²) < 4.78 is 5.44. The zero-order valence-corrected chi connectivity index (χ0v) is 14.1. The largest absolute Gasteiger partial charge is 0.493 e. The first-order valence-corrected chi connectivity index (χ1v) is 7.85. The van der Waals surface area contributed by atoms with Crippen molar-refractivity contribution in [3.8, 4) is 5.75 Å². The molecule has 4 nitrogen and oxygen atoms in total. The second kappa shape index (κ2) is 8.09. The first-order valence-electron chi connectivity index (χ1n) is 7.09. The Balaban J connectivity index is 1.87. The van der Waals surface area contributed by atoms with Crippen LogP contribution < -0.4 is 10.1 Å². The summed E-state index contributed by atoms with van der Waals surface area (Å²) in [4.78, 5) is 10.7. The van der Waals surface area contributed by atoms with Crippen LogP contribution in [0.2, 0.25) is 10.0 Å². The van der Waals surface area contributed by atoms with E-state index in [4.69, 9.17) is 33.0 Å². The number of rotatable bonds is 7. The molecule has 2 aromatic carbocycles. The molecular formula is C17H17Cl2NO3. The van der Waals surface area contributed by atoms with E-state index in [1.807, 2.05) is 24.3 Å². The van der Waals surface area contributed by atoms with E-state index in [1.165, 1.54) is 0 Å². The highest BCUT2D eigenvalue weighted by atomic mass is 35.5. The average molecular weight is 354 g/mol. The van der Waals surface area contributed by atoms with Gasteiger partial charge in [0, 0.05) is 12.2 Å². The molecule has 23 heavy (non-hydrogen) atoms. The van der Waals surface area contributed by atoms with Gasteiger partial charge in [0.25, 0.3) is 0 Å². The van der Waals surface area contributed by atoms with Crippen molar-refractivity contribution in [1.29, 1.82) is 0 Å². The van der Waals surface area contributed by atoms with Crippen LogP contribution in [-0.2, 0) is 11.3 Å². The van der Waals surface area contributed by atoms with Crippen LogP contribution >= 0.6 is 23.2 Å². The van der Waals surface area contributed by atoms with Gasteiger partial charge in [0.15, 0.2) is 0 Å². The number of halogens is 2. The van der Waals surface area contributed by atoms with Crippen LogP contribution in [0.15, 0.2) is 42.5 Å². The SMILES string of the molecule is CC(COc1ccc(NCc2ccc(Cl)c(Cl)c2)cc1)C(=O)O. The van der Waals surface area contributed by atoms with Gasteiger partial charge in [-0.05, 0) is 48.9 Å². The van der Waals surface area contributed by atoms with Crippen molar-refractivity contribution in [1.82, 2.24) is 0 Å². The maximum absolute atomic E-state index is 10.7. The number of carboxylic acid groups (broad SMARTS) is 1. The Hall–Kier alpha value is -1.91. The molecular weight excluding hydrogens is 337 g/mol. The fourth-order valence-electron chi connectivity index (χ4n) is 1.82. The molecule has 1 unspecified atom stereocenters. The lowest BCUT2D eigenvalue weighted by atomic mass is 10.2. The minimum atomic E-state index is -0.870. The summed E-state index contributed by atoms with van der Waals surface area (Å²) in [6.45, 7) is 2.37. The number of benzene rings is 2. The highest BCUT2D eigenvalue weighted by molar-refractivity contribution is 6.42. The monoisotopic (exact) mass is 353 g/mol. The molecule has 0 aliphatic rings. The zero-order chi connectivity index (χ0) is 16.8. The first-order chi connectivity index (χ1) is 11.0. The molecule has 0 heterocycles. The van der Waals surface area contributed by atoms with Crippen molar-refractivity contribution >= 4 is 34.9 Å². The van der Waals surface area contributed by atoms with Crippen LogP contribution in [0.5, 0.6) is 5.75 Å². The first kappa shape index (κ1) is 17.4. The van der Waals surface area contributed by atoms with Crippen LogP contribution in [-0.4, -0.2) is 17.7 Å². The Morgan fingerprint density at radius 1 is 1.17 bits per heavy atom. The third kappa shape index (κ3) is 5.34. The molecule has 0 bridgehead atoms. The number of nitrogens with one attached hydrogen (secondary N) is 1. The fraction of sp³-hybridized carbons (Fsp3) is 0.235. The summed E-state index contributed by atoms with van der Waals surface area (Å²) in [7, 11) is 0. The second-order valence-corrected chi connectivity index (χ2v) is 5.99. The maximum Gasteiger partial charge on any atom is 0.309 e. The number of carboxylic acids is 1. The van der Waals surface area contributed by atoms with E-state index in [9.17, 15) is 4.79 Å². The van der Waals surface area contributed by atoms with E-state index in [0.717, 1.165) is 11.3 Å². The van der Waals surface area contributed by atoms with Gasteiger partial charge < -0.3 is 15.2 Å². The van der Waals surface area contributed by atoms with Gasteiger partial charge in [-0.1, -0.05) is 29.3 Å². The molecule has 0 saturated heterocycles. The van der Waals surface area contributed by atoms with E-state index < -0.39 is 11.9 Å². The quantitative estimate of drug-likeness (QED) is 0.756. The standard InChI is InChI=1S/C17H17Cl2NO3/c1-11(17(21)22)10-23-14-5-3-13(4-6-14)20-9-12-2-7-15(18)16(19)8-12/h2-8,11,20H,9-10H2,1H3,(H,21,22). The molecule has 0 aromatic heterocycles. The molecule has 2 N–H and O–H groups in total. The molecule has 0 aliphatic carbocycles. The van der Waals surface area contributed by atoms with E-state index in [0.29, 0.717) is 22.3 Å². The van der Waals surface area contributed by atoms with Crippen molar-refractivity contribution in [2.75, 3.05) is 11.9 Å². The molecule has 0 fully saturated rings. The number of hydrogen-bond donors (Lipinski definition) is 2. The lowest BCUT2D eigenvalue weighted by Crippen LogP contribution is -2.17. The highest BCUT2D eigenvalue weighted by Crippen LogP contribution is 2.23. The Kier molecular flexibility index (Phi) is 6.13. The van der Waals surface area contributed by atoms with Crippen LogP contribution in [0.25, 0.3) is 0 Å². The molecule has 2 rings (SSSR count). The minimum Gasteiger partial charge on any atom is -0.493 e. The van der Waals surface area contributed by atoms with Crippen LogP contribution in [0, 0.1) is 5.92 Å². The maximum atomic E-state index is 10.7. The molecule has 0 aliphatic heterocycles. The molecule has 0 saturated carbocycles. The molecule has 0 radical (unpaired) electrons. The van der Waals surface area contributed by atoms with Gasteiger partial charge in [-0.25, -0.2) is 0 Å². The van der Waals surface area contributed by atoms with E-state index >= 15 is 0 Å². The molecule has 0 amide bonds. The van der Waals surface area contributed by atoms with Crippen molar-refractivity contribution in [3.05, 3.63) is 58.1 Å². The summed E-state index contributed by atoms with van der Waals surface area (Å²) in [5, 5.41) is 13.1. The van der Waals surface area contributed by atoms with Crippen molar-refractivity contribution in [3.63, 3.8) is 0 Å². The Morgan fingerprint density at radius 2 is 1.87 bits per heavy atom. The second-order valence-electron chi connectivity index (χ2n) is 5.18. The number of carbonyl (C=O) groups is 1. The Bertz CT molecular complexity index is 674. The van der Waals surface area contributed by atoms with Gasteiger partial charge in [0.05, 0.1) is 16.0 Å². The van der Waals surface area contributed by atoms with Gasteiger partial charge >= 0.3 is 5.97 Å². The summed E-state index contributed by atoms with van der Waals surface area (Å²) in [6.07, 6.45) is 0. The van der Waals surface area contributed by atoms with E-state index in [2.05, 4.69) is 5.32 Å². The summed E-state index contributed by atoms with van der Waals surface area (Å²) in [6, 6.07) is 12.8. The third-order valence-electron chi connectivity index (χ3n) is 3.26.